The predicted molar refractivity (Wildman–Crippen MR) is 307 cm³/mol. The van der Waals surface area contributed by atoms with Gasteiger partial charge in [-0.25, -0.2) is 0 Å². The molecule has 77 heavy (non-hydrogen) atoms. The Morgan fingerprint density at radius 2 is 0.818 bits per heavy atom. The number of nitrogens with zero attached hydrogens (tertiary/aromatic N) is 2. The molecule has 0 bridgehead atoms. The number of allylic oxidation sites excluding steroid dienone is 12. The summed E-state index contributed by atoms with van der Waals surface area (Å²) in [7, 11) is 3.11. The molecule has 0 aromatic carbocycles. The minimum absolute atomic E-state index is 0.0242. The molecule has 0 spiro atoms. The number of esters is 5. The highest BCUT2D eigenvalue weighted by Crippen LogP contribution is 2.29. The Morgan fingerprint density at radius 3 is 1.21 bits per heavy atom. The molecule has 2 atom stereocenters. The topological polar surface area (TPSA) is 156 Å². The fourth-order valence-corrected chi connectivity index (χ4v) is 9.33. The van der Waals surface area contributed by atoms with Crippen LogP contribution in [0.4, 0.5) is 0 Å². The van der Waals surface area contributed by atoms with Crippen molar-refractivity contribution in [1.82, 2.24) is 9.80 Å². The van der Waals surface area contributed by atoms with Crippen molar-refractivity contribution in [2.75, 3.05) is 99.7 Å². The van der Waals surface area contributed by atoms with E-state index in [0.717, 1.165) is 142 Å². The molecule has 0 aromatic rings. The quantitative estimate of drug-likeness (QED) is 0.0246. The van der Waals surface area contributed by atoms with E-state index in [2.05, 4.69) is 87.8 Å². The molecule has 0 fully saturated rings. The Kier molecular flexibility index (Phi) is 39.7. The van der Waals surface area contributed by atoms with Gasteiger partial charge in [0.05, 0.1) is 50.9 Å². The Morgan fingerprint density at radius 1 is 0.442 bits per heavy atom. The summed E-state index contributed by atoms with van der Waals surface area (Å²) in [4.78, 5) is 67.9. The Hall–Kier alpha value is -4.37. The molecule has 0 saturated heterocycles. The zero-order valence-corrected chi connectivity index (χ0v) is 49.4. The third kappa shape index (κ3) is 37.2. The van der Waals surface area contributed by atoms with E-state index in [4.69, 9.17) is 33.2 Å². The van der Waals surface area contributed by atoms with E-state index in [9.17, 15) is 24.0 Å². The molecule has 0 amide bonds. The molecule has 438 valence electrons. The summed E-state index contributed by atoms with van der Waals surface area (Å²) < 4.78 is 37.3. The molecular formula is C63H104N2O12. The van der Waals surface area contributed by atoms with E-state index in [-0.39, 0.29) is 87.4 Å². The highest BCUT2D eigenvalue weighted by Gasteiger charge is 2.24. The van der Waals surface area contributed by atoms with Crippen LogP contribution in [0.5, 0.6) is 0 Å². The second kappa shape index (κ2) is 44.5. The van der Waals surface area contributed by atoms with Crippen molar-refractivity contribution in [2.45, 2.75) is 189 Å². The first-order chi connectivity index (χ1) is 37.2. The number of carbonyl (C=O) groups is 5. The molecule has 2 aliphatic rings. The first-order valence-corrected chi connectivity index (χ1v) is 29.3. The van der Waals surface area contributed by atoms with Gasteiger partial charge in [0.2, 0.25) is 0 Å². The SMILES string of the molecule is COCCOC(=O)CCN(CCCCCCN(CCCCOC(=O)C1CC=C(CC/C=C(\C)CCC=C(C)C)CC1)CCC(=O)OCCOC(=O)C1CC=C(CC/C=C(\C)CCC=C(C)C)CC1)CCC(=O)OCCOC. The molecule has 14 heteroatoms. The summed E-state index contributed by atoms with van der Waals surface area (Å²) in [6, 6.07) is 0. The van der Waals surface area contributed by atoms with Crippen molar-refractivity contribution in [3.8, 4) is 0 Å². The van der Waals surface area contributed by atoms with E-state index in [0.29, 0.717) is 45.9 Å². The lowest BCUT2D eigenvalue weighted by Gasteiger charge is -2.23. The molecule has 0 heterocycles. The number of methoxy groups -OCH3 is 2. The summed E-state index contributed by atoms with van der Waals surface area (Å²) in [5, 5.41) is 0. The Bertz CT molecular complexity index is 1850. The highest BCUT2D eigenvalue weighted by atomic mass is 16.6. The zero-order valence-electron chi connectivity index (χ0n) is 49.4. The van der Waals surface area contributed by atoms with Crippen LogP contribution < -0.4 is 0 Å². The van der Waals surface area contributed by atoms with Gasteiger partial charge >= 0.3 is 29.8 Å². The number of hydrogen-bond donors (Lipinski definition) is 0. The molecule has 0 saturated carbocycles. The molecule has 2 rings (SSSR count). The molecular weight excluding hydrogens is 977 g/mol. The van der Waals surface area contributed by atoms with Crippen LogP contribution in [0, 0.1) is 11.8 Å². The molecule has 14 nitrogen and oxygen atoms in total. The van der Waals surface area contributed by atoms with Gasteiger partial charge in [0.1, 0.15) is 26.4 Å². The highest BCUT2D eigenvalue weighted by molar-refractivity contribution is 5.73. The number of unbranched alkanes of at least 4 members (excludes halogenated alkanes) is 4. The second-order valence-electron chi connectivity index (χ2n) is 21.5. The summed E-state index contributed by atoms with van der Waals surface area (Å²) in [6.07, 6.45) is 33.0. The van der Waals surface area contributed by atoms with Crippen molar-refractivity contribution in [2.24, 2.45) is 11.8 Å². The van der Waals surface area contributed by atoms with Gasteiger partial charge in [0.15, 0.2) is 0 Å². The Balaban J connectivity index is 1.84. The van der Waals surface area contributed by atoms with Crippen molar-refractivity contribution in [1.29, 1.82) is 0 Å². The Labute approximate surface area is 465 Å². The number of hydrogen-bond acceptors (Lipinski definition) is 14. The van der Waals surface area contributed by atoms with Gasteiger partial charge in [0, 0.05) is 33.9 Å². The fourth-order valence-electron chi connectivity index (χ4n) is 9.33. The smallest absolute Gasteiger partial charge is 0.309 e. The van der Waals surface area contributed by atoms with Crippen molar-refractivity contribution in [3.05, 3.63) is 69.9 Å². The van der Waals surface area contributed by atoms with E-state index in [1.54, 1.807) is 14.2 Å². The lowest BCUT2D eigenvalue weighted by Crippen LogP contribution is -2.31. The molecule has 0 aliphatic heterocycles. The van der Waals surface area contributed by atoms with Gasteiger partial charge in [-0.1, -0.05) is 82.7 Å². The average Bonchev–Trinajstić information content (AvgIpc) is 3.40. The van der Waals surface area contributed by atoms with E-state index in [1.807, 2.05) is 0 Å². The van der Waals surface area contributed by atoms with Crippen molar-refractivity contribution in [3.63, 3.8) is 0 Å². The van der Waals surface area contributed by atoms with E-state index < -0.39 is 0 Å². The van der Waals surface area contributed by atoms with Gasteiger partial charge in [-0.3, -0.25) is 24.0 Å². The summed E-state index contributed by atoms with van der Waals surface area (Å²) in [5.74, 6) is -1.52. The fraction of sp³-hybridized carbons (Fsp3) is 0.730. The van der Waals surface area contributed by atoms with Crippen LogP contribution >= 0.6 is 0 Å². The van der Waals surface area contributed by atoms with E-state index in [1.165, 1.54) is 33.4 Å². The maximum absolute atomic E-state index is 13.0. The maximum Gasteiger partial charge on any atom is 0.309 e. The number of carbonyl (C=O) groups excluding carboxylic acids is 5. The third-order valence-corrected chi connectivity index (χ3v) is 14.2. The minimum Gasteiger partial charge on any atom is -0.465 e. The molecule has 2 unspecified atom stereocenters. The largest absolute Gasteiger partial charge is 0.465 e. The van der Waals surface area contributed by atoms with Crippen LogP contribution in [0.25, 0.3) is 0 Å². The lowest BCUT2D eigenvalue weighted by atomic mass is 9.87. The maximum atomic E-state index is 13.0. The van der Waals surface area contributed by atoms with Crippen LogP contribution in [0.2, 0.25) is 0 Å². The van der Waals surface area contributed by atoms with Gasteiger partial charge in [0.25, 0.3) is 0 Å². The average molecular weight is 1080 g/mol. The molecule has 0 radical (unpaired) electrons. The van der Waals surface area contributed by atoms with Crippen LogP contribution in [-0.2, 0) is 57.1 Å². The first kappa shape index (κ1) is 68.7. The predicted octanol–water partition coefficient (Wildman–Crippen LogP) is 12.5. The minimum atomic E-state index is -0.330. The molecule has 0 aromatic heterocycles. The van der Waals surface area contributed by atoms with Crippen molar-refractivity contribution >= 4 is 29.8 Å². The van der Waals surface area contributed by atoms with Crippen molar-refractivity contribution < 1.29 is 57.1 Å². The van der Waals surface area contributed by atoms with Gasteiger partial charge < -0.3 is 43.0 Å². The van der Waals surface area contributed by atoms with Gasteiger partial charge in [-0.15, -0.1) is 0 Å². The van der Waals surface area contributed by atoms with Gasteiger partial charge in [-0.2, -0.15) is 0 Å². The van der Waals surface area contributed by atoms with Crippen LogP contribution in [0.1, 0.15) is 189 Å². The summed E-state index contributed by atoms with van der Waals surface area (Å²) >= 11 is 0. The number of rotatable bonds is 44. The normalized spacial score (nSPS) is 15.9. The third-order valence-electron chi connectivity index (χ3n) is 14.2. The van der Waals surface area contributed by atoms with E-state index >= 15 is 0 Å². The summed E-state index contributed by atoms with van der Waals surface area (Å²) in [6.45, 7) is 18.2. The first-order valence-electron chi connectivity index (χ1n) is 29.3. The number of ether oxygens (including phenoxy) is 7. The second-order valence-corrected chi connectivity index (χ2v) is 21.5. The molecule has 2 aliphatic carbocycles. The molecule has 0 N–H and O–H groups in total. The zero-order chi connectivity index (χ0) is 56.3. The summed E-state index contributed by atoms with van der Waals surface area (Å²) in [5.41, 5.74) is 8.43. The standard InChI is InChI=1S/C63H104N2O12/c1-51(2)19-15-21-53(5)23-17-25-55-27-31-57(32-28-55)62(69)76-44-14-13-40-64(38-11-9-10-12-39-65(42-36-59(66)73-47-45-71-7)43-37-60(67)74-48-46-72-8)41-35-61(68)75-49-50-77-63(70)58-33-29-56(30-34-58)26-18-24-54(6)22-16-20-52(3)4/h19-20,23-24,27,29,57-58H,9-18,21-22,25-26,28,30-50H2,1-8H3/b53-23+,54-24+. The monoisotopic (exact) mass is 1080 g/mol. The van der Waals surface area contributed by atoms with Gasteiger partial charge in [-0.05, 0) is 177 Å². The lowest BCUT2D eigenvalue weighted by molar-refractivity contribution is -0.155. The van der Waals surface area contributed by atoms with Crippen LogP contribution in [0.15, 0.2) is 69.9 Å². The van der Waals surface area contributed by atoms with Crippen LogP contribution in [-0.4, -0.2) is 139 Å². The van der Waals surface area contributed by atoms with Crippen LogP contribution in [0.3, 0.4) is 0 Å².